The molecular formula is C11H15BrClNO2S. The van der Waals surface area contributed by atoms with Crippen LogP contribution in [0.15, 0.2) is 22.7 Å². The fraction of sp³-hybridized carbons (Fsp3) is 0.455. The second kappa shape index (κ2) is 6.61. The van der Waals surface area contributed by atoms with Crippen molar-refractivity contribution in [2.24, 2.45) is 0 Å². The molecule has 6 heteroatoms. The molecule has 0 aliphatic carbocycles. The van der Waals surface area contributed by atoms with Crippen molar-refractivity contribution < 1.29 is 8.42 Å². The van der Waals surface area contributed by atoms with Crippen LogP contribution in [0.3, 0.4) is 0 Å². The summed E-state index contributed by atoms with van der Waals surface area (Å²) in [4.78, 5) is 0. The Morgan fingerprint density at radius 1 is 1.35 bits per heavy atom. The molecule has 0 radical (unpaired) electrons. The second-order valence-electron chi connectivity index (χ2n) is 3.70. The van der Waals surface area contributed by atoms with Crippen molar-refractivity contribution in [2.45, 2.75) is 13.3 Å². The first-order valence-corrected chi connectivity index (χ1v) is 8.33. The average Bonchev–Trinajstić information content (AvgIpc) is 2.23. The number of anilines is 1. The van der Waals surface area contributed by atoms with Crippen LogP contribution in [0.4, 0.5) is 5.69 Å². The van der Waals surface area contributed by atoms with E-state index in [1.54, 1.807) is 12.1 Å². The van der Waals surface area contributed by atoms with E-state index in [1.165, 1.54) is 0 Å². The number of benzene rings is 1. The fourth-order valence-electron chi connectivity index (χ4n) is 1.39. The molecule has 0 bridgehead atoms. The van der Waals surface area contributed by atoms with E-state index in [0.717, 1.165) is 10.2 Å². The lowest BCUT2D eigenvalue weighted by atomic mass is 10.3. The Labute approximate surface area is 116 Å². The van der Waals surface area contributed by atoms with Gasteiger partial charge >= 0.3 is 0 Å². The maximum atomic E-state index is 11.5. The van der Waals surface area contributed by atoms with E-state index in [1.807, 2.05) is 13.0 Å². The molecule has 0 atom stereocenters. The lowest BCUT2D eigenvalue weighted by Gasteiger charge is -2.09. The highest BCUT2D eigenvalue weighted by molar-refractivity contribution is 9.10. The number of halogens is 2. The normalized spacial score (nSPS) is 11.5. The van der Waals surface area contributed by atoms with Crippen molar-refractivity contribution >= 4 is 43.1 Å². The van der Waals surface area contributed by atoms with E-state index >= 15 is 0 Å². The summed E-state index contributed by atoms with van der Waals surface area (Å²) in [6.45, 7) is 2.25. The minimum absolute atomic E-state index is 0.139. The maximum Gasteiger partial charge on any atom is 0.152 e. The number of hydrogen-bond donors (Lipinski definition) is 1. The molecule has 1 N–H and O–H groups in total. The van der Waals surface area contributed by atoms with E-state index in [-0.39, 0.29) is 11.5 Å². The molecule has 3 nitrogen and oxygen atoms in total. The molecule has 0 aromatic heterocycles. The van der Waals surface area contributed by atoms with Crippen molar-refractivity contribution in [1.82, 2.24) is 0 Å². The van der Waals surface area contributed by atoms with Gasteiger partial charge in [-0.3, -0.25) is 0 Å². The van der Waals surface area contributed by atoms with Crippen LogP contribution in [-0.2, 0) is 9.84 Å². The summed E-state index contributed by atoms with van der Waals surface area (Å²) in [6, 6.07) is 5.36. The molecule has 1 aromatic rings. The summed E-state index contributed by atoms with van der Waals surface area (Å²) in [5.74, 6) is 0.380. The molecule has 1 rings (SSSR count). The largest absolute Gasteiger partial charge is 0.383 e. The summed E-state index contributed by atoms with van der Waals surface area (Å²) >= 11 is 9.23. The van der Waals surface area contributed by atoms with Gasteiger partial charge in [-0.1, -0.05) is 18.5 Å². The van der Waals surface area contributed by atoms with Gasteiger partial charge in [-0.15, -0.1) is 0 Å². The van der Waals surface area contributed by atoms with Crippen molar-refractivity contribution in [2.75, 3.05) is 23.4 Å². The number of hydrogen-bond acceptors (Lipinski definition) is 3. The highest BCUT2D eigenvalue weighted by atomic mass is 79.9. The molecule has 0 saturated heterocycles. The van der Waals surface area contributed by atoms with Crippen LogP contribution in [0.25, 0.3) is 0 Å². The number of sulfone groups is 1. The quantitative estimate of drug-likeness (QED) is 0.864. The molecule has 0 heterocycles. The molecule has 0 fully saturated rings. The van der Waals surface area contributed by atoms with Crippen LogP contribution in [-0.4, -0.2) is 26.5 Å². The molecule has 1 aromatic carbocycles. The molecule has 17 heavy (non-hydrogen) atoms. The van der Waals surface area contributed by atoms with E-state index in [4.69, 9.17) is 11.6 Å². The van der Waals surface area contributed by atoms with Gasteiger partial charge in [0.2, 0.25) is 0 Å². The van der Waals surface area contributed by atoms with Gasteiger partial charge in [0.05, 0.1) is 5.75 Å². The molecule has 96 valence electrons. The number of nitrogens with one attached hydrogen (secondary N) is 1. The van der Waals surface area contributed by atoms with Gasteiger partial charge in [0.25, 0.3) is 0 Å². The third-order valence-corrected chi connectivity index (χ3v) is 4.96. The molecular weight excluding hydrogens is 326 g/mol. The van der Waals surface area contributed by atoms with Gasteiger partial charge < -0.3 is 5.32 Å². The average molecular weight is 341 g/mol. The first kappa shape index (κ1) is 14.8. The minimum Gasteiger partial charge on any atom is -0.383 e. The van der Waals surface area contributed by atoms with Gasteiger partial charge in [0.1, 0.15) is 0 Å². The lowest BCUT2D eigenvalue weighted by molar-refractivity contribution is 0.595. The predicted octanol–water partition coefficient (Wildman–Crippen LogP) is 3.34. The SMILES string of the molecule is CCCS(=O)(=O)CCNc1cc(Cl)ccc1Br. The zero-order valence-electron chi connectivity index (χ0n) is 9.54. The third-order valence-electron chi connectivity index (χ3n) is 2.17. The van der Waals surface area contributed by atoms with Crippen molar-refractivity contribution in [3.8, 4) is 0 Å². The van der Waals surface area contributed by atoms with Crippen LogP contribution in [0, 0.1) is 0 Å². The summed E-state index contributed by atoms with van der Waals surface area (Å²) in [5, 5.41) is 3.68. The summed E-state index contributed by atoms with van der Waals surface area (Å²) < 4.78 is 23.9. The molecule has 0 spiro atoms. The Hall–Kier alpha value is -0.260. The standard InChI is InChI=1S/C11H15BrClNO2S/c1-2-6-17(15,16)7-5-14-11-8-9(13)3-4-10(11)12/h3-4,8,14H,2,5-7H2,1H3. The van der Waals surface area contributed by atoms with Crippen LogP contribution < -0.4 is 5.32 Å². The van der Waals surface area contributed by atoms with Crippen molar-refractivity contribution in [3.63, 3.8) is 0 Å². The monoisotopic (exact) mass is 339 g/mol. The lowest BCUT2D eigenvalue weighted by Crippen LogP contribution is -2.18. The van der Waals surface area contributed by atoms with Crippen LogP contribution >= 0.6 is 27.5 Å². The van der Waals surface area contributed by atoms with E-state index in [2.05, 4.69) is 21.2 Å². The molecule has 0 saturated carbocycles. The highest BCUT2D eigenvalue weighted by Gasteiger charge is 2.09. The first-order chi connectivity index (χ1) is 7.94. The minimum atomic E-state index is -2.94. The molecule has 0 amide bonds. The Balaban J connectivity index is 2.54. The van der Waals surface area contributed by atoms with Gasteiger partial charge in [0.15, 0.2) is 9.84 Å². The van der Waals surface area contributed by atoms with Crippen LogP contribution in [0.2, 0.25) is 5.02 Å². The fourth-order valence-corrected chi connectivity index (χ4v) is 3.19. The smallest absolute Gasteiger partial charge is 0.152 e. The topological polar surface area (TPSA) is 46.2 Å². The van der Waals surface area contributed by atoms with E-state index in [0.29, 0.717) is 18.0 Å². The third kappa shape index (κ3) is 5.27. The van der Waals surface area contributed by atoms with Crippen molar-refractivity contribution in [3.05, 3.63) is 27.7 Å². The molecule has 0 aliphatic heterocycles. The Kier molecular flexibility index (Phi) is 5.76. The van der Waals surface area contributed by atoms with Gasteiger partial charge in [0, 0.05) is 27.5 Å². The van der Waals surface area contributed by atoms with E-state index < -0.39 is 9.84 Å². The molecule has 0 aliphatic rings. The summed E-state index contributed by atoms with van der Waals surface area (Å²) in [6.07, 6.45) is 0.656. The zero-order chi connectivity index (χ0) is 12.9. The van der Waals surface area contributed by atoms with Gasteiger partial charge in [-0.2, -0.15) is 0 Å². The van der Waals surface area contributed by atoms with Gasteiger partial charge in [-0.25, -0.2) is 8.42 Å². The summed E-state index contributed by atoms with van der Waals surface area (Å²) in [7, 11) is -2.94. The van der Waals surface area contributed by atoms with Crippen LogP contribution in [0.1, 0.15) is 13.3 Å². The Morgan fingerprint density at radius 2 is 2.06 bits per heavy atom. The highest BCUT2D eigenvalue weighted by Crippen LogP contribution is 2.25. The number of rotatable bonds is 6. The Bertz CT molecular complexity index is 476. The summed E-state index contributed by atoms with van der Waals surface area (Å²) in [5.41, 5.74) is 0.809. The zero-order valence-corrected chi connectivity index (χ0v) is 12.7. The maximum absolute atomic E-state index is 11.5. The first-order valence-electron chi connectivity index (χ1n) is 5.34. The van der Waals surface area contributed by atoms with Crippen molar-refractivity contribution in [1.29, 1.82) is 0 Å². The van der Waals surface area contributed by atoms with E-state index in [9.17, 15) is 8.42 Å². The Morgan fingerprint density at radius 3 is 2.71 bits per heavy atom. The molecule has 0 unspecified atom stereocenters. The second-order valence-corrected chi connectivity index (χ2v) is 7.30. The van der Waals surface area contributed by atoms with Gasteiger partial charge in [-0.05, 0) is 40.5 Å². The van der Waals surface area contributed by atoms with Crippen LogP contribution in [0.5, 0.6) is 0 Å². The predicted molar refractivity (Wildman–Crippen MR) is 76.6 cm³/mol.